The molecule has 0 radical (unpaired) electrons. The van der Waals surface area contributed by atoms with Crippen LogP contribution in [0, 0.1) is 0 Å². The van der Waals surface area contributed by atoms with Crippen LogP contribution >= 0.6 is 0 Å². The van der Waals surface area contributed by atoms with Gasteiger partial charge >= 0.3 is 5.97 Å². The second-order valence-corrected chi connectivity index (χ2v) is 4.96. The van der Waals surface area contributed by atoms with Crippen molar-refractivity contribution in [1.82, 2.24) is 5.32 Å². The molecule has 0 aliphatic carbocycles. The molecule has 0 amide bonds. The Morgan fingerprint density at radius 3 is 3.00 bits per heavy atom. The SMILES string of the molecule is CCNC(CCN1CCCc2ccccc21)C(=O)O. The first-order valence-corrected chi connectivity index (χ1v) is 7.01. The Labute approximate surface area is 114 Å². The number of aryl methyl sites for hydroxylation is 1. The second-order valence-electron chi connectivity index (χ2n) is 4.96. The summed E-state index contributed by atoms with van der Waals surface area (Å²) in [6, 6.07) is 7.98. The topological polar surface area (TPSA) is 52.6 Å². The van der Waals surface area contributed by atoms with E-state index < -0.39 is 12.0 Å². The first-order chi connectivity index (χ1) is 9.22. The minimum Gasteiger partial charge on any atom is -0.480 e. The van der Waals surface area contributed by atoms with Crippen LogP contribution in [-0.4, -0.2) is 36.8 Å². The molecule has 0 fully saturated rings. The molecule has 104 valence electrons. The number of likely N-dealkylation sites (N-methyl/N-ethyl adjacent to an activating group) is 1. The molecule has 0 bridgehead atoms. The maximum absolute atomic E-state index is 11.1. The fourth-order valence-electron chi connectivity index (χ4n) is 2.69. The van der Waals surface area contributed by atoms with Crippen LogP contribution in [0.4, 0.5) is 5.69 Å². The number of carboxylic acid groups (broad SMARTS) is 1. The number of hydrogen-bond donors (Lipinski definition) is 2. The van der Waals surface area contributed by atoms with E-state index in [2.05, 4.69) is 34.5 Å². The van der Waals surface area contributed by atoms with Crippen LogP contribution in [0.3, 0.4) is 0 Å². The number of carboxylic acids is 1. The van der Waals surface area contributed by atoms with Gasteiger partial charge in [0.15, 0.2) is 0 Å². The van der Waals surface area contributed by atoms with Crippen LogP contribution in [-0.2, 0) is 11.2 Å². The Morgan fingerprint density at radius 2 is 2.26 bits per heavy atom. The number of anilines is 1. The number of carbonyl (C=O) groups is 1. The van der Waals surface area contributed by atoms with Crippen molar-refractivity contribution in [3.05, 3.63) is 29.8 Å². The number of nitrogens with zero attached hydrogens (tertiary/aromatic N) is 1. The lowest BCUT2D eigenvalue weighted by Gasteiger charge is -2.32. The fraction of sp³-hybridized carbons (Fsp3) is 0.533. The Bertz CT molecular complexity index is 434. The third kappa shape index (κ3) is 3.47. The van der Waals surface area contributed by atoms with Crippen LogP contribution in [0.25, 0.3) is 0 Å². The van der Waals surface area contributed by atoms with Gasteiger partial charge in [-0.05, 0) is 37.4 Å². The maximum Gasteiger partial charge on any atom is 0.320 e. The number of rotatable bonds is 6. The smallest absolute Gasteiger partial charge is 0.320 e. The van der Waals surface area contributed by atoms with Gasteiger partial charge in [-0.3, -0.25) is 4.79 Å². The van der Waals surface area contributed by atoms with Gasteiger partial charge in [0, 0.05) is 18.8 Å². The van der Waals surface area contributed by atoms with Crippen LogP contribution < -0.4 is 10.2 Å². The van der Waals surface area contributed by atoms with E-state index in [0.717, 1.165) is 25.9 Å². The third-order valence-corrected chi connectivity index (χ3v) is 3.64. The Morgan fingerprint density at radius 1 is 1.47 bits per heavy atom. The van der Waals surface area contributed by atoms with Gasteiger partial charge in [-0.1, -0.05) is 25.1 Å². The number of fused-ring (bicyclic) bond motifs is 1. The molecule has 1 unspecified atom stereocenters. The van der Waals surface area contributed by atoms with Gasteiger partial charge in [-0.25, -0.2) is 0 Å². The molecule has 19 heavy (non-hydrogen) atoms. The highest BCUT2D eigenvalue weighted by Gasteiger charge is 2.20. The summed E-state index contributed by atoms with van der Waals surface area (Å²) in [6.45, 7) is 4.44. The average Bonchev–Trinajstić information content (AvgIpc) is 2.43. The van der Waals surface area contributed by atoms with Gasteiger partial charge in [0.25, 0.3) is 0 Å². The predicted octanol–water partition coefficient (Wildman–Crippen LogP) is 1.89. The molecule has 0 aromatic heterocycles. The summed E-state index contributed by atoms with van der Waals surface area (Å²) in [5.74, 6) is -0.757. The minimum absolute atomic E-state index is 0.445. The Balaban J connectivity index is 1.98. The van der Waals surface area contributed by atoms with Crippen LogP contribution in [0.2, 0.25) is 0 Å². The van der Waals surface area contributed by atoms with E-state index in [1.807, 2.05) is 6.92 Å². The number of para-hydroxylation sites is 1. The third-order valence-electron chi connectivity index (χ3n) is 3.64. The van der Waals surface area contributed by atoms with Crippen molar-refractivity contribution in [3.63, 3.8) is 0 Å². The predicted molar refractivity (Wildman–Crippen MR) is 76.7 cm³/mol. The molecule has 2 N–H and O–H groups in total. The molecular formula is C15H22N2O2. The molecule has 2 rings (SSSR count). The van der Waals surface area contributed by atoms with Crippen LogP contribution in [0.1, 0.15) is 25.3 Å². The van der Waals surface area contributed by atoms with Crippen molar-refractivity contribution in [2.75, 3.05) is 24.5 Å². The van der Waals surface area contributed by atoms with Crippen molar-refractivity contribution in [1.29, 1.82) is 0 Å². The van der Waals surface area contributed by atoms with E-state index in [-0.39, 0.29) is 0 Å². The molecule has 1 heterocycles. The molecule has 4 nitrogen and oxygen atoms in total. The van der Waals surface area contributed by atoms with Crippen molar-refractivity contribution in [3.8, 4) is 0 Å². The molecule has 1 aliphatic heterocycles. The second kappa shape index (κ2) is 6.57. The molecule has 1 aromatic rings. The zero-order valence-corrected chi connectivity index (χ0v) is 11.4. The highest BCUT2D eigenvalue weighted by molar-refractivity contribution is 5.73. The summed E-state index contributed by atoms with van der Waals surface area (Å²) >= 11 is 0. The first-order valence-electron chi connectivity index (χ1n) is 7.01. The molecule has 4 heteroatoms. The van der Waals surface area contributed by atoms with Crippen molar-refractivity contribution >= 4 is 11.7 Å². The van der Waals surface area contributed by atoms with Crippen molar-refractivity contribution in [2.45, 2.75) is 32.2 Å². The zero-order valence-electron chi connectivity index (χ0n) is 11.4. The summed E-state index contributed by atoms with van der Waals surface area (Å²) in [7, 11) is 0. The van der Waals surface area contributed by atoms with E-state index in [4.69, 9.17) is 5.11 Å². The molecule has 1 atom stereocenters. The standard InChI is InChI=1S/C15H22N2O2/c1-2-16-13(15(18)19)9-11-17-10-5-7-12-6-3-4-8-14(12)17/h3-4,6,8,13,16H,2,5,7,9-11H2,1H3,(H,18,19). The molecular weight excluding hydrogens is 240 g/mol. The fourth-order valence-corrected chi connectivity index (χ4v) is 2.69. The highest BCUT2D eigenvalue weighted by Crippen LogP contribution is 2.26. The highest BCUT2D eigenvalue weighted by atomic mass is 16.4. The van der Waals surface area contributed by atoms with E-state index in [9.17, 15) is 4.79 Å². The molecule has 1 aliphatic rings. The van der Waals surface area contributed by atoms with Crippen molar-refractivity contribution < 1.29 is 9.90 Å². The lowest BCUT2D eigenvalue weighted by molar-refractivity contribution is -0.139. The van der Waals surface area contributed by atoms with Crippen LogP contribution in [0.5, 0.6) is 0 Å². The summed E-state index contributed by atoms with van der Waals surface area (Å²) < 4.78 is 0. The van der Waals surface area contributed by atoms with Gasteiger partial charge in [0.1, 0.15) is 6.04 Å². The molecule has 0 saturated heterocycles. The van der Waals surface area contributed by atoms with Gasteiger partial charge < -0.3 is 15.3 Å². The van der Waals surface area contributed by atoms with Gasteiger partial charge in [0.2, 0.25) is 0 Å². The lowest BCUT2D eigenvalue weighted by atomic mass is 10.0. The monoisotopic (exact) mass is 262 g/mol. The van der Waals surface area contributed by atoms with Gasteiger partial charge in [-0.2, -0.15) is 0 Å². The first kappa shape index (κ1) is 13.9. The maximum atomic E-state index is 11.1. The summed E-state index contributed by atoms with van der Waals surface area (Å²) in [5, 5.41) is 12.2. The summed E-state index contributed by atoms with van der Waals surface area (Å²) in [5.41, 5.74) is 2.65. The van der Waals surface area contributed by atoms with Gasteiger partial charge in [-0.15, -0.1) is 0 Å². The summed E-state index contributed by atoms with van der Waals surface area (Å²) in [6.07, 6.45) is 2.91. The van der Waals surface area contributed by atoms with E-state index >= 15 is 0 Å². The Kier molecular flexibility index (Phi) is 4.80. The van der Waals surface area contributed by atoms with E-state index in [1.54, 1.807) is 0 Å². The quantitative estimate of drug-likeness (QED) is 0.822. The van der Waals surface area contributed by atoms with E-state index in [1.165, 1.54) is 11.3 Å². The Hall–Kier alpha value is -1.55. The molecule has 0 saturated carbocycles. The molecule has 0 spiro atoms. The summed E-state index contributed by atoms with van der Waals surface area (Å²) in [4.78, 5) is 13.4. The van der Waals surface area contributed by atoms with Crippen LogP contribution in [0.15, 0.2) is 24.3 Å². The number of benzene rings is 1. The molecule has 1 aromatic carbocycles. The number of hydrogen-bond acceptors (Lipinski definition) is 3. The normalized spacial score (nSPS) is 15.9. The number of aliphatic carboxylic acids is 1. The zero-order chi connectivity index (χ0) is 13.7. The average molecular weight is 262 g/mol. The van der Waals surface area contributed by atoms with Crippen molar-refractivity contribution in [2.24, 2.45) is 0 Å². The number of nitrogens with one attached hydrogen (secondary N) is 1. The van der Waals surface area contributed by atoms with Gasteiger partial charge in [0.05, 0.1) is 0 Å². The van der Waals surface area contributed by atoms with E-state index in [0.29, 0.717) is 13.0 Å². The lowest BCUT2D eigenvalue weighted by Crippen LogP contribution is -2.40. The minimum atomic E-state index is -0.757. The largest absolute Gasteiger partial charge is 0.480 e.